The summed E-state index contributed by atoms with van der Waals surface area (Å²) in [5, 5.41) is 21.3. The number of halogens is 3. The lowest BCUT2D eigenvalue weighted by Gasteiger charge is -2.31. The van der Waals surface area contributed by atoms with Crippen LogP contribution in [0.2, 0.25) is 0 Å². The summed E-state index contributed by atoms with van der Waals surface area (Å²) in [4.78, 5) is 23.6. The summed E-state index contributed by atoms with van der Waals surface area (Å²) in [6, 6.07) is 7.89. The average Bonchev–Trinajstić information content (AvgIpc) is 3.31. The molecule has 0 spiro atoms. The van der Waals surface area contributed by atoms with Gasteiger partial charge in [0.1, 0.15) is 5.82 Å². The molecule has 3 N–H and O–H groups in total. The first-order valence-corrected chi connectivity index (χ1v) is 11.1. The van der Waals surface area contributed by atoms with E-state index in [4.69, 9.17) is 4.42 Å². The number of carboxylic acid groups (broad SMARTS) is 1. The molecule has 1 unspecified atom stereocenters. The first-order chi connectivity index (χ1) is 16.7. The third-order valence-corrected chi connectivity index (χ3v) is 6.38. The van der Waals surface area contributed by atoms with Crippen LogP contribution in [0.15, 0.2) is 40.8 Å². The third kappa shape index (κ3) is 5.61. The number of carboxylic acids is 1. The summed E-state index contributed by atoms with van der Waals surface area (Å²) in [7, 11) is 0. The van der Waals surface area contributed by atoms with E-state index in [1.54, 1.807) is 19.1 Å². The van der Waals surface area contributed by atoms with Gasteiger partial charge in [0.2, 0.25) is 0 Å². The Bertz CT molecular complexity index is 1220. The second-order valence-corrected chi connectivity index (χ2v) is 8.60. The van der Waals surface area contributed by atoms with Crippen LogP contribution in [0.5, 0.6) is 0 Å². The number of aromatic nitrogens is 2. The molecule has 11 heteroatoms. The molecule has 4 rings (SSSR count). The topological polar surface area (TPSA) is 117 Å². The second-order valence-electron chi connectivity index (χ2n) is 8.60. The summed E-state index contributed by atoms with van der Waals surface area (Å²) in [6.45, 7) is 1.76. The molecule has 184 valence electrons. The Kier molecular flexibility index (Phi) is 7.04. The van der Waals surface area contributed by atoms with Crippen LogP contribution in [0, 0.1) is 29.3 Å². The molecule has 0 aliphatic heterocycles. The molecule has 2 aromatic carbocycles. The fraction of sp³-hybridized carbons (Fsp3) is 0.333. The van der Waals surface area contributed by atoms with Gasteiger partial charge in [0.25, 0.3) is 0 Å². The molecule has 1 aliphatic rings. The molecule has 0 radical (unpaired) electrons. The van der Waals surface area contributed by atoms with Crippen LogP contribution in [-0.4, -0.2) is 27.2 Å². The molecule has 1 fully saturated rings. The normalized spacial score (nSPS) is 18.6. The van der Waals surface area contributed by atoms with Crippen LogP contribution < -0.4 is 10.6 Å². The predicted molar refractivity (Wildman–Crippen MR) is 120 cm³/mol. The quantitative estimate of drug-likeness (QED) is 0.377. The Labute approximate surface area is 198 Å². The zero-order valence-corrected chi connectivity index (χ0v) is 18.7. The highest BCUT2D eigenvalue weighted by atomic mass is 19.2. The number of aliphatic carboxylic acids is 1. The van der Waals surface area contributed by atoms with Gasteiger partial charge in [0.15, 0.2) is 11.6 Å². The van der Waals surface area contributed by atoms with Gasteiger partial charge in [-0.25, -0.2) is 13.2 Å². The van der Waals surface area contributed by atoms with E-state index < -0.39 is 40.9 Å². The van der Waals surface area contributed by atoms with E-state index in [9.17, 15) is 27.9 Å². The molecule has 1 aliphatic carbocycles. The van der Waals surface area contributed by atoms with E-state index in [1.807, 2.05) is 12.1 Å². The number of rotatable bonds is 7. The Hall–Kier alpha value is -3.89. The van der Waals surface area contributed by atoms with Gasteiger partial charge in [-0.2, -0.15) is 0 Å². The number of carbonyl (C=O) groups excluding carboxylic acids is 1. The van der Waals surface area contributed by atoms with Gasteiger partial charge in [0.05, 0.1) is 11.6 Å². The number of nitrogens with zero attached hydrogens (tertiary/aromatic N) is 2. The first kappa shape index (κ1) is 24.2. The SMILES string of the molecule is CC(C(=O)O)[C@H]1CC[C@H](c2ccc(NC(=O)c3nnc(Nc4cc(F)c(F)cc4F)o3)cc2)CC1. The summed E-state index contributed by atoms with van der Waals surface area (Å²) < 4.78 is 45.3. The fourth-order valence-electron chi connectivity index (χ4n) is 4.28. The molecule has 0 bridgehead atoms. The molecule has 1 atom stereocenters. The molecular weight excluding hydrogens is 465 g/mol. The van der Waals surface area contributed by atoms with Gasteiger partial charge < -0.3 is 20.2 Å². The third-order valence-electron chi connectivity index (χ3n) is 6.38. The number of nitrogens with one attached hydrogen (secondary N) is 2. The average molecular weight is 488 g/mol. The van der Waals surface area contributed by atoms with Crippen molar-refractivity contribution in [3.8, 4) is 0 Å². The smallest absolute Gasteiger partial charge is 0.320 e. The lowest BCUT2D eigenvalue weighted by atomic mass is 9.74. The highest BCUT2D eigenvalue weighted by Gasteiger charge is 2.29. The zero-order valence-electron chi connectivity index (χ0n) is 18.7. The van der Waals surface area contributed by atoms with Gasteiger partial charge in [-0.05, 0) is 55.2 Å². The van der Waals surface area contributed by atoms with Crippen LogP contribution in [-0.2, 0) is 4.79 Å². The van der Waals surface area contributed by atoms with E-state index in [2.05, 4.69) is 20.8 Å². The van der Waals surface area contributed by atoms with E-state index in [-0.39, 0.29) is 17.9 Å². The summed E-state index contributed by atoms with van der Waals surface area (Å²) in [6.07, 6.45) is 3.53. The van der Waals surface area contributed by atoms with Crippen molar-refractivity contribution < 1.29 is 32.3 Å². The van der Waals surface area contributed by atoms with Crippen LogP contribution in [0.25, 0.3) is 0 Å². The first-order valence-electron chi connectivity index (χ1n) is 11.1. The van der Waals surface area contributed by atoms with E-state index >= 15 is 0 Å². The van der Waals surface area contributed by atoms with E-state index in [1.165, 1.54) is 0 Å². The molecular formula is C24H23F3N4O4. The predicted octanol–water partition coefficient (Wildman–Crippen LogP) is 5.48. The molecule has 35 heavy (non-hydrogen) atoms. The highest BCUT2D eigenvalue weighted by Crippen LogP contribution is 2.39. The monoisotopic (exact) mass is 488 g/mol. The van der Waals surface area contributed by atoms with E-state index in [0.29, 0.717) is 23.7 Å². The minimum Gasteiger partial charge on any atom is -0.481 e. The Morgan fingerprint density at radius 1 is 1.00 bits per heavy atom. The lowest BCUT2D eigenvalue weighted by molar-refractivity contribution is -0.143. The Balaban J connectivity index is 1.33. The lowest BCUT2D eigenvalue weighted by Crippen LogP contribution is -2.24. The van der Waals surface area contributed by atoms with Crippen LogP contribution in [0.1, 0.15) is 54.8 Å². The largest absolute Gasteiger partial charge is 0.481 e. The van der Waals surface area contributed by atoms with Crippen molar-refractivity contribution in [3.63, 3.8) is 0 Å². The maximum Gasteiger partial charge on any atom is 0.320 e. The Morgan fingerprint density at radius 2 is 1.66 bits per heavy atom. The Morgan fingerprint density at radius 3 is 2.31 bits per heavy atom. The van der Waals surface area contributed by atoms with Crippen LogP contribution in [0.3, 0.4) is 0 Å². The van der Waals surface area contributed by atoms with Crippen molar-refractivity contribution >= 4 is 29.3 Å². The van der Waals surface area contributed by atoms with Crippen molar-refractivity contribution in [2.75, 3.05) is 10.6 Å². The van der Waals surface area contributed by atoms with Gasteiger partial charge in [-0.3, -0.25) is 9.59 Å². The minimum atomic E-state index is -1.34. The van der Waals surface area contributed by atoms with Crippen LogP contribution >= 0.6 is 0 Å². The zero-order chi connectivity index (χ0) is 25.1. The maximum absolute atomic E-state index is 13.8. The van der Waals surface area contributed by atoms with E-state index in [0.717, 1.165) is 31.2 Å². The maximum atomic E-state index is 13.8. The van der Waals surface area contributed by atoms with Crippen molar-refractivity contribution in [1.82, 2.24) is 10.2 Å². The summed E-state index contributed by atoms with van der Waals surface area (Å²) >= 11 is 0. The molecule has 3 aromatic rings. The minimum absolute atomic E-state index is 0.190. The summed E-state index contributed by atoms with van der Waals surface area (Å²) in [5.74, 6) is -5.37. The second kappa shape index (κ2) is 10.2. The van der Waals surface area contributed by atoms with Crippen molar-refractivity contribution in [2.45, 2.75) is 38.5 Å². The van der Waals surface area contributed by atoms with Crippen molar-refractivity contribution in [3.05, 3.63) is 65.3 Å². The number of anilines is 3. The van der Waals surface area contributed by atoms with Gasteiger partial charge in [-0.1, -0.05) is 24.2 Å². The van der Waals surface area contributed by atoms with Crippen molar-refractivity contribution in [1.29, 1.82) is 0 Å². The van der Waals surface area contributed by atoms with Gasteiger partial charge in [0, 0.05) is 17.8 Å². The standard InChI is InChI=1S/C24H23F3N4O4/c1-12(23(33)34)13-2-4-14(5-3-13)15-6-8-16(9-7-15)28-21(32)22-30-31-24(35-22)29-20-11-18(26)17(25)10-19(20)27/h6-14H,2-5H2,1H3,(H,28,32)(H,29,31)(H,33,34)/t12?,13-,14-. The molecule has 1 aromatic heterocycles. The highest BCUT2D eigenvalue weighted by molar-refractivity contribution is 6.00. The number of amides is 1. The van der Waals surface area contributed by atoms with Gasteiger partial charge in [-0.15, -0.1) is 5.10 Å². The number of benzene rings is 2. The molecule has 1 saturated carbocycles. The fourth-order valence-corrected chi connectivity index (χ4v) is 4.28. The number of hydrogen-bond acceptors (Lipinski definition) is 6. The molecule has 0 saturated heterocycles. The van der Waals surface area contributed by atoms with Gasteiger partial charge >= 0.3 is 23.8 Å². The summed E-state index contributed by atoms with van der Waals surface area (Å²) in [5.41, 5.74) is 1.18. The molecule has 1 heterocycles. The number of hydrogen-bond donors (Lipinski definition) is 3. The van der Waals surface area contributed by atoms with Crippen molar-refractivity contribution in [2.24, 2.45) is 11.8 Å². The number of carbonyl (C=O) groups is 2. The molecule has 1 amide bonds. The van der Waals surface area contributed by atoms with Crippen LogP contribution in [0.4, 0.5) is 30.6 Å². The molecule has 8 nitrogen and oxygen atoms in total.